The zero-order chi connectivity index (χ0) is 12.5. The molecule has 0 heterocycles. The van der Waals surface area contributed by atoms with Crippen molar-refractivity contribution in [2.24, 2.45) is 0 Å². The molecular formula is C14H23NO2. The van der Waals surface area contributed by atoms with Crippen molar-refractivity contribution in [2.75, 3.05) is 31.2 Å². The third kappa shape index (κ3) is 4.75. The van der Waals surface area contributed by atoms with Crippen molar-refractivity contribution >= 4 is 5.69 Å². The summed E-state index contributed by atoms with van der Waals surface area (Å²) in [5.74, 6) is 0. The highest BCUT2D eigenvalue weighted by molar-refractivity contribution is 5.45. The van der Waals surface area contributed by atoms with Crippen LogP contribution in [-0.2, 0) is 9.47 Å². The van der Waals surface area contributed by atoms with E-state index in [0.29, 0.717) is 13.2 Å². The molecule has 96 valence electrons. The Labute approximate surface area is 104 Å². The van der Waals surface area contributed by atoms with Crippen LogP contribution >= 0.6 is 0 Å². The molecule has 3 heteroatoms. The molecule has 0 spiro atoms. The summed E-state index contributed by atoms with van der Waals surface area (Å²) in [6, 6.07) is 10.3. The second kappa shape index (κ2) is 8.09. The number of para-hydroxylation sites is 1. The molecule has 17 heavy (non-hydrogen) atoms. The van der Waals surface area contributed by atoms with Crippen LogP contribution < -0.4 is 4.90 Å². The van der Waals surface area contributed by atoms with E-state index in [9.17, 15) is 0 Å². The van der Waals surface area contributed by atoms with E-state index in [4.69, 9.17) is 9.47 Å². The summed E-state index contributed by atoms with van der Waals surface area (Å²) in [4.78, 5) is 2.26. The monoisotopic (exact) mass is 237 g/mol. The Bertz CT molecular complexity index is 284. The summed E-state index contributed by atoms with van der Waals surface area (Å²) in [6.07, 6.45) is -0.148. The van der Waals surface area contributed by atoms with Crippen LogP contribution in [0.2, 0.25) is 0 Å². The van der Waals surface area contributed by atoms with Crippen LogP contribution in [-0.4, -0.2) is 32.6 Å². The van der Waals surface area contributed by atoms with E-state index in [-0.39, 0.29) is 6.29 Å². The molecule has 0 N–H and O–H groups in total. The van der Waals surface area contributed by atoms with Gasteiger partial charge in [0.15, 0.2) is 6.29 Å². The third-order valence-electron chi connectivity index (χ3n) is 2.58. The van der Waals surface area contributed by atoms with Crippen LogP contribution in [0.4, 0.5) is 5.69 Å². The number of anilines is 1. The molecule has 1 aromatic rings. The highest BCUT2D eigenvalue weighted by atomic mass is 16.7. The summed E-state index contributed by atoms with van der Waals surface area (Å²) in [6.45, 7) is 9.19. The molecule has 0 fully saturated rings. The molecule has 0 aliphatic rings. The smallest absolute Gasteiger partial charge is 0.174 e. The topological polar surface area (TPSA) is 21.7 Å². The lowest BCUT2D eigenvalue weighted by Crippen LogP contribution is -2.35. The lowest BCUT2D eigenvalue weighted by molar-refractivity contribution is -0.129. The molecule has 0 amide bonds. The van der Waals surface area contributed by atoms with Crippen molar-refractivity contribution < 1.29 is 9.47 Å². The van der Waals surface area contributed by atoms with Gasteiger partial charge in [0.2, 0.25) is 0 Å². The highest BCUT2D eigenvalue weighted by Gasteiger charge is 2.13. The van der Waals surface area contributed by atoms with E-state index in [1.807, 2.05) is 32.0 Å². The minimum absolute atomic E-state index is 0.148. The molecule has 0 bridgehead atoms. The minimum Gasteiger partial charge on any atom is -0.367 e. The molecule has 0 unspecified atom stereocenters. The molecule has 3 nitrogen and oxygen atoms in total. The number of hydrogen-bond acceptors (Lipinski definition) is 3. The van der Waals surface area contributed by atoms with Gasteiger partial charge < -0.3 is 14.4 Å². The summed E-state index contributed by atoms with van der Waals surface area (Å²) in [7, 11) is 0. The Kier molecular flexibility index (Phi) is 6.67. The van der Waals surface area contributed by atoms with Crippen molar-refractivity contribution in [1.82, 2.24) is 0 Å². The van der Waals surface area contributed by atoms with Crippen LogP contribution in [0.25, 0.3) is 0 Å². The summed E-state index contributed by atoms with van der Waals surface area (Å²) >= 11 is 0. The van der Waals surface area contributed by atoms with Gasteiger partial charge >= 0.3 is 0 Å². The van der Waals surface area contributed by atoms with Gasteiger partial charge in [-0.3, -0.25) is 0 Å². The number of likely N-dealkylation sites (N-methyl/N-ethyl adjacent to an activating group) is 1. The number of nitrogens with zero attached hydrogens (tertiary/aromatic N) is 1. The van der Waals surface area contributed by atoms with Crippen molar-refractivity contribution in [3.8, 4) is 0 Å². The second-order valence-corrected chi connectivity index (χ2v) is 3.71. The Balaban J connectivity index is 2.61. The standard InChI is InChI=1S/C14H23NO2/c1-4-15(13-10-8-7-9-11-13)12-14(16-5-2)17-6-3/h7-11,14H,4-6,12H2,1-3H3. The minimum atomic E-state index is -0.148. The number of ether oxygens (including phenoxy) is 2. The van der Waals surface area contributed by atoms with Crippen LogP contribution in [0.1, 0.15) is 20.8 Å². The van der Waals surface area contributed by atoms with E-state index in [2.05, 4.69) is 24.0 Å². The van der Waals surface area contributed by atoms with Crippen molar-refractivity contribution in [3.63, 3.8) is 0 Å². The van der Waals surface area contributed by atoms with E-state index in [1.54, 1.807) is 0 Å². The molecule has 0 radical (unpaired) electrons. The van der Waals surface area contributed by atoms with Crippen LogP contribution in [0, 0.1) is 0 Å². The first-order valence-electron chi connectivity index (χ1n) is 6.35. The van der Waals surface area contributed by atoms with Gasteiger partial charge in [0.05, 0.1) is 6.54 Å². The van der Waals surface area contributed by atoms with Gasteiger partial charge in [-0.1, -0.05) is 18.2 Å². The Morgan fingerprint density at radius 2 is 1.59 bits per heavy atom. The van der Waals surface area contributed by atoms with E-state index < -0.39 is 0 Å². The van der Waals surface area contributed by atoms with E-state index in [1.165, 1.54) is 5.69 Å². The zero-order valence-electron chi connectivity index (χ0n) is 11.1. The first-order chi connectivity index (χ1) is 8.31. The maximum absolute atomic E-state index is 5.57. The fourth-order valence-corrected chi connectivity index (χ4v) is 1.76. The van der Waals surface area contributed by atoms with Gasteiger partial charge in [0.25, 0.3) is 0 Å². The van der Waals surface area contributed by atoms with Crippen molar-refractivity contribution in [3.05, 3.63) is 30.3 Å². The zero-order valence-corrected chi connectivity index (χ0v) is 11.1. The fraction of sp³-hybridized carbons (Fsp3) is 0.571. The molecule has 0 atom stereocenters. The maximum atomic E-state index is 5.57. The molecule has 0 aliphatic heterocycles. The van der Waals surface area contributed by atoms with Gasteiger partial charge in [0.1, 0.15) is 0 Å². The Hall–Kier alpha value is -1.06. The third-order valence-corrected chi connectivity index (χ3v) is 2.58. The molecule has 0 saturated carbocycles. The molecule has 0 aliphatic carbocycles. The predicted molar refractivity (Wildman–Crippen MR) is 71.4 cm³/mol. The van der Waals surface area contributed by atoms with Crippen LogP contribution in [0.15, 0.2) is 30.3 Å². The van der Waals surface area contributed by atoms with Gasteiger partial charge in [-0.25, -0.2) is 0 Å². The summed E-state index contributed by atoms with van der Waals surface area (Å²) in [5.41, 5.74) is 1.21. The average Bonchev–Trinajstić information content (AvgIpc) is 2.37. The SMILES string of the molecule is CCOC(CN(CC)c1ccccc1)OCC. The highest BCUT2D eigenvalue weighted by Crippen LogP contribution is 2.14. The summed E-state index contributed by atoms with van der Waals surface area (Å²) < 4.78 is 11.1. The molecular weight excluding hydrogens is 214 g/mol. The lowest BCUT2D eigenvalue weighted by atomic mass is 10.3. The fourth-order valence-electron chi connectivity index (χ4n) is 1.76. The Morgan fingerprint density at radius 1 is 1.00 bits per heavy atom. The number of rotatable bonds is 8. The van der Waals surface area contributed by atoms with E-state index in [0.717, 1.165) is 13.1 Å². The van der Waals surface area contributed by atoms with Gasteiger partial charge in [-0.15, -0.1) is 0 Å². The van der Waals surface area contributed by atoms with Crippen LogP contribution in [0.3, 0.4) is 0 Å². The second-order valence-electron chi connectivity index (χ2n) is 3.71. The van der Waals surface area contributed by atoms with Crippen molar-refractivity contribution in [2.45, 2.75) is 27.1 Å². The first-order valence-corrected chi connectivity index (χ1v) is 6.35. The quantitative estimate of drug-likeness (QED) is 0.649. The first kappa shape index (κ1) is 14.0. The largest absolute Gasteiger partial charge is 0.367 e. The molecule has 0 saturated heterocycles. The maximum Gasteiger partial charge on any atom is 0.174 e. The van der Waals surface area contributed by atoms with Gasteiger partial charge in [-0.2, -0.15) is 0 Å². The molecule has 1 aromatic carbocycles. The number of benzene rings is 1. The number of hydrogen-bond donors (Lipinski definition) is 0. The molecule has 1 rings (SSSR count). The average molecular weight is 237 g/mol. The lowest BCUT2D eigenvalue weighted by Gasteiger charge is -2.28. The van der Waals surface area contributed by atoms with Crippen LogP contribution in [0.5, 0.6) is 0 Å². The normalized spacial score (nSPS) is 10.8. The Morgan fingerprint density at radius 3 is 2.06 bits per heavy atom. The molecule has 0 aromatic heterocycles. The van der Waals surface area contributed by atoms with Gasteiger partial charge in [-0.05, 0) is 32.9 Å². The summed E-state index contributed by atoms with van der Waals surface area (Å²) in [5, 5.41) is 0. The van der Waals surface area contributed by atoms with E-state index >= 15 is 0 Å². The van der Waals surface area contributed by atoms with Crippen molar-refractivity contribution in [1.29, 1.82) is 0 Å². The predicted octanol–water partition coefficient (Wildman–Crippen LogP) is 2.91. The van der Waals surface area contributed by atoms with Gasteiger partial charge in [0, 0.05) is 25.4 Å².